The second-order valence-corrected chi connectivity index (χ2v) is 9.88. The number of carbonyl (C=O) groups is 2. The van der Waals surface area contributed by atoms with Gasteiger partial charge in [0.25, 0.3) is 5.91 Å². The molecule has 5 heteroatoms. The molecule has 5 nitrogen and oxygen atoms in total. The standard InChI is InChI=1S/C26H39N3O2/c1-3-21-8-10-23(11-9-21)25(30)29-18-16-27(17-19-29)24(22-6-4-5-7-22)26(31)28-14-12-20(2)13-15-28/h8-11,20,22,24H,3-7,12-19H2,1-2H3. The minimum atomic E-state index is 0.0111. The van der Waals surface area contributed by atoms with E-state index in [0.29, 0.717) is 24.9 Å². The normalized spacial score (nSPS) is 22.6. The summed E-state index contributed by atoms with van der Waals surface area (Å²) < 4.78 is 0. The number of hydrogen-bond donors (Lipinski definition) is 0. The van der Waals surface area contributed by atoms with Crippen LogP contribution in [0.3, 0.4) is 0 Å². The molecule has 1 aliphatic carbocycles. The van der Waals surface area contributed by atoms with Gasteiger partial charge in [0.05, 0.1) is 6.04 Å². The number of rotatable bonds is 5. The Balaban J connectivity index is 1.40. The van der Waals surface area contributed by atoms with Crippen molar-refractivity contribution in [3.05, 3.63) is 35.4 Å². The van der Waals surface area contributed by atoms with Crippen LogP contribution >= 0.6 is 0 Å². The Kier molecular flexibility index (Phi) is 7.31. The fourth-order valence-electron chi connectivity index (χ4n) is 5.61. The molecule has 1 saturated carbocycles. The minimum Gasteiger partial charge on any atom is -0.341 e. The minimum absolute atomic E-state index is 0.0111. The van der Waals surface area contributed by atoms with Gasteiger partial charge in [-0.2, -0.15) is 0 Å². The fraction of sp³-hybridized carbons (Fsp3) is 0.692. The number of nitrogens with zero attached hydrogens (tertiary/aromatic N) is 3. The van der Waals surface area contributed by atoms with Gasteiger partial charge >= 0.3 is 0 Å². The van der Waals surface area contributed by atoms with Gasteiger partial charge in [-0.3, -0.25) is 14.5 Å². The van der Waals surface area contributed by atoms with Crippen molar-refractivity contribution in [2.45, 2.75) is 64.8 Å². The topological polar surface area (TPSA) is 43.9 Å². The van der Waals surface area contributed by atoms with Gasteiger partial charge in [-0.25, -0.2) is 0 Å². The number of aryl methyl sites for hydroxylation is 1. The van der Waals surface area contributed by atoms with Crippen LogP contribution in [0.25, 0.3) is 0 Å². The Morgan fingerprint density at radius 2 is 1.48 bits per heavy atom. The van der Waals surface area contributed by atoms with E-state index in [1.807, 2.05) is 17.0 Å². The highest BCUT2D eigenvalue weighted by Gasteiger charge is 2.39. The van der Waals surface area contributed by atoms with Gasteiger partial charge in [-0.05, 0) is 61.6 Å². The van der Waals surface area contributed by atoms with Gasteiger partial charge in [0.1, 0.15) is 0 Å². The van der Waals surface area contributed by atoms with Crippen molar-refractivity contribution in [1.29, 1.82) is 0 Å². The first-order valence-corrected chi connectivity index (χ1v) is 12.5. The van der Waals surface area contributed by atoms with E-state index in [9.17, 15) is 9.59 Å². The number of hydrogen-bond acceptors (Lipinski definition) is 3. The maximum absolute atomic E-state index is 13.6. The molecule has 2 heterocycles. The maximum atomic E-state index is 13.6. The van der Waals surface area contributed by atoms with Crippen molar-refractivity contribution in [3.63, 3.8) is 0 Å². The second-order valence-electron chi connectivity index (χ2n) is 9.88. The Labute approximate surface area is 187 Å². The van der Waals surface area contributed by atoms with E-state index in [4.69, 9.17) is 0 Å². The van der Waals surface area contributed by atoms with Gasteiger partial charge in [0.15, 0.2) is 0 Å². The van der Waals surface area contributed by atoms with Crippen LogP contribution in [0, 0.1) is 11.8 Å². The number of piperidine rings is 1. The Morgan fingerprint density at radius 1 is 0.871 bits per heavy atom. The molecular weight excluding hydrogens is 386 g/mol. The summed E-state index contributed by atoms with van der Waals surface area (Å²) in [6.45, 7) is 9.27. The Morgan fingerprint density at radius 3 is 2.06 bits per heavy atom. The molecule has 1 atom stereocenters. The molecule has 0 bridgehead atoms. The molecule has 1 aromatic carbocycles. The second kappa shape index (κ2) is 10.2. The van der Waals surface area contributed by atoms with Crippen LogP contribution in [0.5, 0.6) is 0 Å². The molecule has 4 rings (SSSR count). The number of piperazine rings is 1. The summed E-state index contributed by atoms with van der Waals surface area (Å²) in [4.78, 5) is 33.1. The molecule has 1 aromatic rings. The van der Waals surface area contributed by atoms with E-state index in [1.54, 1.807) is 0 Å². The lowest BCUT2D eigenvalue weighted by Gasteiger charge is -2.43. The first-order valence-electron chi connectivity index (χ1n) is 12.5. The summed E-state index contributed by atoms with van der Waals surface area (Å²) in [6.07, 6.45) is 8.08. The lowest BCUT2D eigenvalue weighted by atomic mass is 9.92. The van der Waals surface area contributed by atoms with Crippen LogP contribution in [-0.2, 0) is 11.2 Å². The van der Waals surface area contributed by atoms with Gasteiger partial charge in [-0.1, -0.05) is 38.8 Å². The summed E-state index contributed by atoms with van der Waals surface area (Å²) in [7, 11) is 0. The summed E-state index contributed by atoms with van der Waals surface area (Å²) in [6, 6.07) is 8.03. The van der Waals surface area contributed by atoms with Crippen LogP contribution in [0.4, 0.5) is 0 Å². The summed E-state index contributed by atoms with van der Waals surface area (Å²) >= 11 is 0. The SMILES string of the molecule is CCc1ccc(C(=O)N2CCN(C(C(=O)N3CCC(C)CC3)C3CCCC3)CC2)cc1. The number of carbonyl (C=O) groups excluding carboxylic acids is 2. The zero-order valence-electron chi connectivity index (χ0n) is 19.4. The van der Waals surface area contributed by atoms with Crippen molar-refractivity contribution in [1.82, 2.24) is 14.7 Å². The molecule has 1 unspecified atom stereocenters. The van der Waals surface area contributed by atoms with Gasteiger partial charge in [-0.15, -0.1) is 0 Å². The molecule has 31 heavy (non-hydrogen) atoms. The largest absolute Gasteiger partial charge is 0.341 e. The van der Waals surface area contributed by atoms with E-state index in [2.05, 4.69) is 35.8 Å². The summed E-state index contributed by atoms with van der Waals surface area (Å²) in [5.74, 6) is 1.69. The van der Waals surface area contributed by atoms with Gasteiger partial charge < -0.3 is 9.80 Å². The predicted octanol–water partition coefficient (Wildman–Crippen LogP) is 3.82. The van der Waals surface area contributed by atoms with E-state index < -0.39 is 0 Å². The van der Waals surface area contributed by atoms with Crippen molar-refractivity contribution in [3.8, 4) is 0 Å². The zero-order valence-corrected chi connectivity index (χ0v) is 19.4. The molecule has 0 N–H and O–H groups in total. The third-order valence-corrected chi connectivity index (χ3v) is 7.80. The van der Waals surface area contributed by atoms with Gasteiger partial charge in [0.2, 0.25) is 5.91 Å². The molecule has 2 aliphatic heterocycles. The van der Waals surface area contributed by atoms with Crippen LogP contribution in [0.2, 0.25) is 0 Å². The molecule has 2 amide bonds. The molecule has 0 radical (unpaired) electrons. The smallest absolute Gasteiger partial charge is 0.253 e. The average Bonchev–Trinajstić information content (AvgIpc) is 3.34. The van der Waals surface area contributed by atoms with Crippen LogP contribution in [0.15, 0.2) is 24.3 Å². The number of likely N-dealkylation sites (tertiary alicyclic amines) is 1. The molecular formula is C26H39N3O2. The predicted molar refractivity (Wildman–Crippen MR) is 124 cm³/mol. The molecule has 2 saturated heterocycles. The molecule has 3 aliphatic rings. The van der Waals surface area contributed by atoms with Crippen molar-refractivity contribution >= 4 is 11.8 Å². The van der Waals surface area contributed by atoms with Gasteiger partial charge in [0, 0.05) is 44.8 Å². The maximum Gasteiger partial charge on any atom is 0.253 e. The van der Waals surface area contributed by atoms with E-state index in [1.165, 1.54) is 31.2 Å². The van der Waals surface area contributed by atoms with Crippen molar-refractivity contribution in [2.24, 2.45) is 11.8 Å². The molecule has 0 spiro atoms. The Hall–Kier alpha value is -1.88. The lowest BCUT2D eigenvalue weighted by Crippen LogP contribution is -2.59. The lowest BCUT2D eigenvalue weighted by molar-refractivity contribution is -0.141. The Bertz CT molecular complexity index is 740. The molecule has 3 fully saturated rings. The third-order valence-electron chi connectivity index (χ3n) is 7.80. The first kappa shape index (κ1) is 22.3. The third kappa shape index (κ3) is 5.14. The monoisotopic (exact) mass is 425 g/mol. The highest BCUT2D eigenvalue weighted by molar-refractivity contribution is 5.94. The first-order chi connectivity index (χ1) is 15.1. The van der Waals surface area contributed by atoms with Crippen LogP contribution in [-0.4, -0.2) is 71.8 Å². The average molecular weight is 426 g/mol. The van der Waals surface area contributed by atoms with E-state index in [-0.39, 0.29) is 11.9 Å². The fourth-order valence-corrected chi connectivity index (χ4v) is 5.61. The van der Waals surface area contributed by atoms with Crippen LogP contribution < -0.4 is 0 Å². The summed E-state index contributed by atoms with van der Waals surface area (Å²) in [5, 5.41) is 0. The molecule has 0 aromatic heterocycles. The molecule has 170 valence electrons. The quantitative estimate of drug-likeness (QED) is 0.720. The zero-order chi connectivity index (χ0) is 21.8. The van der Waals surface area contributed by atoms with E-state index in [0.717, 1.165) is 56.9 Å². The van der Waals surface area contributed by atoms with Crippen molar-refractivity contribution in [2.75, 3.05) is 39.3 Å². The number of benzene rings is 1. The highest BCUT2D eigenvalue weighted by Crippen LogP contribution is 2.33. The summed E-state index contributed by atoms with van der Waals surface area (Å²) in [5.41, 5.74) is 2.03. The number of amides is 2. The van der Waals surface area contributed by atoms with Crippen LogP contribution in [0.1, 0.15) is 68.3 Å². The van der Waals surface area contributed by atoms with Crippen molar-refractivity contribution < 1.29 is 9.59 Å². The highest BCUT2D eigenvalue weighted by atomic mass is 16.2. The van der Waals surface area contributed by atoms with E-state index >= 15 is 0 Å².